The van der Waals surface area contributed by atoms with Crippen LogP contribution in [-0.2, 0) is 16.1 Å². The van der Waals surface area contributed by atoms with Crippen molar-refractivity contribution in [3.05, 3.63) is 18.0 Å². The van der Waals surface area contributed by atoms with Gasteiger partial charge < -0.3 is 10.6 Å². The van der Waals surface area contributed by atoms with E-state index in [2.05, 4.69) is 20.6 Å². The fourth-order valence-corrected chi connectivity index (χ4v) is 3.76. The summed E-state index contributed by atoms with van der Waals surface area (Å²) in [6.45, 7) is 4.84. The maximum absolute atomic E-state index is 12.5. The smallest absolute Gasteiger partial charge is 0.242 e. The molecule has 7 heteroatoms. The van der Waals surface area contributed by atoms with E-state index in [4.69, 9.17) is 0 Å². The number of nitrogens with one attached hydrogen (secondary N) is 2. The van der Waals surface area contributed by atoms with Crippen molar-refractivity contribution in [2.75, 3.05) is 19.6 Å². The number of aromatic nitrogens is 2. The molecule has 2 N–H and O–H groups in total. The van der Waals surface area contributed by atoms with Crippen LogP contribution in [0, 0.1) is 6.92 Å². The number of aryl methyl sites for hydroxylation is 1. The quantitative estimate of drug-likeness (QED) is 0.827. The largest absolute Gasteiger partial charge is 0.354 e. The Kier molecular flexibility index (Phi) is 6.07. The third-order valence-electron chi connectivity index (χ3n) is 5.13. The Bertz CT molecular complexity index is 600. The number of hydrogen-bond donors (Lipinski definition) is 2. The highest BCUT2D eigenvalue weighted by atomic mass is 16.2. The minimum absolute atomic E-state index is 0.0481. The van der Waals surface area contributed by atoms with Gasteiger partial charge in [0.2, 0.25) is 11.8 Å². The summed E-state index contributed by atoms with van der Waals surface area (Å²) < 4.78 is 1.97. The van der Waals surface area contributed by atoms with Crippen LogP contribution in [0.5, 0.6) is 0 Å². The lowest BCUT2D eigenvalue weighted by Gasteiger charge is -2.35. The molecule has 2 aliphatic rings. The first kappa shape index (κ1) is 17.9. The van der Waals surface area contributed by atoms with E-state index in [0.717, 1.165) is 50.8 Å². The van der Waals surface area contributed by atoms with Crippen molar-refractivity contribution in [2.24, 2.45) is 0 Å². The monoisotopic (exact) mass is 347 g/mol. The molecule has 3 rings (SSSR count). The molecule has 0 aromatic carbocycles. The van der Waals surface area contributed by atoms with Gasteiger partial charge in [-0.2, -0.15) is 5.10 Å². The van der Waals surface area contributed by atoms with Crippen molar-refractivity contribution in [3.8, 4) is 0 Å². The summed E-state index contributed by atoms with van der Waals surface area (Å²) in [6.07, 6.45) is 9.97. The van der Waals surface area contributed by atoms with Gasteiger partial charge in [-0.25, -0.2) is 0 Å². The van der Waals surface area contributed by atoms with Gasteiger partial charge in [0.1, 0.15) is 6.04 Å². The topological polar surface area (TPSA) is 79.3 Å². The van der Waals surface area contributed by atoms with Crippen molar-refractivity contribution in [2.45, 2.75) is 64.1 Å². The van der Waals surface area contributed by atoms with Gasteiger partial charge in [-0.15, -0.1) is 0 Å². The van der Waals surface area contributed by atoms with Crippen LogP contribution in [0.3, 0.4) is 0 Å². The third-order valence-corrected chi connectivity index (χ3v) is 5.13. The predicted molar refractivity (Wildman–Crippen MR) is 95.0 cm³/mol. The molecule has 0 aliphatic carbocycles. The highest BCUT2D eigenvalue weighted by molar-refractivity contribution is 5.88. The fourth-order valence-electron chi connectivity index (χ4n) is 3.76. The number of hydrogen-bond acceptors (Lipinski definition) is 4. The van der Waals surface area contributed by atoms with E-state index in [-0.39, 0.29) is 17.9 Å². The molecule has 2 saturated heterocycles. The molecule has 25 heavy (non-hydrogen) atoms. The summed E-state index contributed by atoms with van der Waals surface area (Å²) in [5.74, 6) is -0.0985. The Morgan fingerprint density at radius 3 is 2.96 bits per heavy atom. The molecule has 0 unspecified atom stereocenters. The normalized spacial score (nSPS) is 25.2. The fraction of sp³-hybridized carbons (Fsp3) is 0.722. The van der Waals surface area contributed by atoms with Gasteiger partial charge in [0.15, 0.2) is 0 Å². The van der Waals surface area contributed by atoms with E-state index in [1.54, 1.807) is 0 Å². The van der Waals surface area contributed by atoms with E-state index in [1.807, 2.05) is 24.0 Å². The molecule has 3 heterocycles. The van der Waals surface area contributed by atoms with Crippen LogP contribution >= 0.6 is 0 Å². The maximum atomic E-state index is 12.5. The Morgan fingerprint density at radius 2 is 2.16 bits per heavy atom. The lowest BCUT2D eigenvalue weighted by Crippen LogP contribution is -2.51. The first-order valence-electron chi connectivity index (χ1n) is 9.42. The van der Waals surface area contributed by atoms with Crippen LogP contribution < -0.4 is 10.6 Å². The SMILES string of the molecule is Cc1cnn(C[C@@H]2CCCCN2CC(=O)N[C@@H]2CCCCNC2=O)c1. The maximum Gasteiger partial charge on any atom is 0.242 e. The number of piperidine rings is 1. The second kappa shape index (κ2) is 8.47. The molecule has 0 bridgehead atoms. The lowest BCUT2D eigenvalue weighted by atomic mass is 10.0. The van der Waals surface area contributed by atoms with E-state index in [0.29, 0.717) is 19.1 Å². The second-order valence-electron chi connectivity index (χ2n) is 7.27. The van der Waals surface area contributed by atoms with Gasteiger partial charge in [0.25, 0.3) is 0 Å². The Morgan fingerprint density at radius 1 is 1.32 bits per heavy atom. The highest BCUT2D eigenvalue weighted by Gasteiger charge is 2.27. The van der Waals surface area contributed by atoms with Crippen molar-refractivity contribution in [1.29, 1.82) is 0 Å². The number of amides is 2. The number of nitrogens with zero attached hydrogens (tertiary/aromatic N) is 3. The van der Waals surface area contributed by atoms with Crippen LogP contribution in [0.15, 0.2) is 12.4 Å². The Hall–Kier alpha value is -1.89. The van der Waals surface area contributed by atoms with Crippen molar-refractivity contribution in [3.63, 3.8) is 0 Å². The van der Waals surface area contributed by atoms with Crippen molar-refractivity contribution >= 4 is 11.8 Å². The number of likely N-dealkylation sites (tertiary alicyclic amines) is 1. The second-order valence-corrected chi connectivity index (χ2v) is 7.27. The molecule has 2 aliphatic heterocycles. The van der Waals surface area contributed by atoms with Gasteiger partial charge in [0, 0.05) is 18.8 Å². The van der Waals surface area contributed by atoms with Crippen LogP contribution in [0.25, 0.3) is 0 Å². The van der Waals surface area contributed by atoms with Crippen molar-refractivity contribution in [1.82, 2.24) is 25.3 Å². The van der Waals surface area contributed by atoms with Crippen molar-refractivity contribution < 1.29 is 9.59 Å². The molecule has 0 radical (unpaired) electrons. The summed E-state index contributed by atoms with van der Waals surface area (Å²) in [7, 11) is 0. The number of carbonyl (C=O) groups is 2. The standard InChI is InChI=1S/C18H29N5O2/c1-14-10-20-23(11-14)12-15-6-3-5-9-22(15)13-17(24)21-16-7-2-4-8-19-18(16)25/h10-11,15-16H,2-9,12-13H2,1H3,(H,19,25)(H,21,24)/t15-,16+/m0/s1. The van der Waals surface area contributed by atoms with Gasteiger partial charge in [-0.3, -0.25) is 19.2 Å². The van der Waals surface area contributed by atoms with Gasteiger partial charge in [0.05, 0.1) is 19.3 Å². The molecule has 0 saturated carbocycles. The molecule has 1 aromatic heterocycles. The highest BCUT2D eigenvalue weighted by Crippen LogP contribution is 2.18. The molecule has 0 spiro atoms. The van der Waals surface area contributed by atoms with Crippen LogP contribution in [0.2, 0.25) is 0 Å². The van der Waals surface area contributed by atoms with E-state index in [1.165, 1.54) is 6.42 Å². The zero-order valence-corrected chi connectivity index (χ0v) is 15.0. The summed E-state index contributed by atoms with van der Waals surface area (Å²) >= 11 is 0. The third kappa shape index (κ3) is 5.04. The average Bonchev–Trinajstić information content (AvgIpc) is 2.89. The number of rotatable bonds is 5. The van der Waals surface area contributed by atoms with Crippen LogP contribution in [0.1, 0.15) is 44.1 Å². The average molecular weight is 347 g/mol. The number of carbonyl (C=O) groups excluding carboxylic acids is 2. The molecule has 2 fully saturated rings. The van der Waals surface area contributed by atoms with Gasteiger partial charge >= 0.3 is 0 Å². The minimum atomic E-state index is -0.382. The first-order valence-corrected chi connectivity index (χ1v) is 9.42. The first-order chi connectivity index (χ1) is 12.1. The van der Waals surface area contributed by atoms with Crippen LogP contribution in [-0.4, -0.2) is 58.2 Å². The molecular weight excluding hydrogens is 318 g/mol. The van der Waals surface area contributed by atoms with Crippen LogP contribution in [0.4, 0.5) is 0 Å². The van der Waals surface area contributed by atoms with Gasteiger partial charge in [-0.1, -0.05) is 6.42 Å². The summed E-state index contributed by atoms with van der Waals surface area (Å²) in [4.78, 5) is 26.7. The summed E-state index contributed by atoms with van der Waals surface area (Å²) in [5, 5.41) is 10.2. The lowest BCUT2D eigenvalue weighted by molar-refractivity contribution is -0.130. The minimum Gasteiger partial charge on any atom is -0.354 e. The zero-order chi connectivity index (χ0) is 17.6. The van der Waals surface area contributed by atoms with E-state index >= 15 is 0 Å². The Balaban J connectivity index is 1.55. The predicted octanol–water partition coefficient (Wildman–Crippen LogP) is 0.831. The molecule has 1 aromatic rings. The van der Waals surface area contributed by atoms with E-state index in [9.17, 15) is 9.59 Å². The molecule has 138 valence electrons. The molecule has 2 amide bonds. The molecule has 7 nitrogen and oxygen atoms in total. The molecule has 2 atom stereocenters. The van der Waals surface area contributed by atoms with E-state index < -0.39 is 0 Å². The Labute approximate surface area is 149 Å². The van der Waals surface area contributed by atoms with Gasteiger partial charge in [-0.05, 0) is 51.1 Å². The summed E-state index contributed by atoms with van der Waals surface area (Å²) in [6, 6.07) is -0.0613. The summed E-state index contributed by atoms with van der Waals surface area (Å²) in [5.41, 5.74) is 1.15. The molecular formula is C18H29N5O2. The zero-order valence-electron chi connectivity index (χ0n) is 15.0.